The number of ether oxygens (including phenoxy) is 1. The molecule has 2 fully saturated rings. The average Bonchev–Trinajstić information content (AvgIpc) is 3.41. The lowest BCUT2D eigenvalue weighted by Gasteiger charge is -2.17. The van der Waals surface area contributed by atoms with Crippen LogP contribution in [0.4, 0.5) is 10.1 Å². The van der Waals surface area contributed by atoms with Crippen molar-refractivity contribution in [3.05, 3.63) is 72.1 Å². The van der Waals surface area contributed by atoms with Gasteiger partial charge in [-0.3, -0.25) is 19.3 Å². The van der Waals surface area contributed by atoms with Gasteiger partial charge in [0.25, 0.3) is 0 Å². The number of imide groups is 1. The minimum absolute atomic E-state index is 0.128. The highest BCUT2D eigenvalue weighted by atomic mass is 19.1. The molecule has 5 rings (SSSR count). The topological polar surface area (TPSA) is 63.7 Å². The van der Waals surface area contributed by atoms with Crippen LogP contribution in [0.5, 0.6) is 5.75 Å². The quantitative estimate of drug-likeness (QED) is 0.445. The molecule has 2 aliphatic carbocycles. The third kappa shape index (κ3) is 2.87. The molecule has 2 bridgehead atoms. The Morgan fingerprint density at radius 3 is 2.10 bits per heavy atom. The number of nitrogens with zero attached hydrogens (tertiary/aromatic N) is 1. The highest BCUT2D eigenvalue weighted by Gasteiger charge is 2.59. The molecule has 4 atom stereocenters. The van der Waals surface area contributed by atoms with Crippen LogP contribution in [0.15, 0.2) is 60.7 Å². The molecule has 2 amide bonds. The number of benzene rings is 2. The van der Waals surface area contributed by atoms with Gasteiger partial charge in [0.1, 0.15) is 11.6 Å². The molecule has 1 heterocycles. The number of fused-ring (bicyclic) bond motifs is 5. The van der Waals surface area contributed by atoms with Crippen LogP contribution in [0.25, 0.3) is 0 Å². The number of halogens is 1. The molecule has 3 aliphatic rings. The number of carbonyl (C=O) groups is 3. The van der Waals surface area contributed by atoms with Gasteiger partial charge < -0.3 is 4.74 Å². The maximum absolute atomic E-state index is 12.9. The van der Waals surface area contributed by atoms with E-state index in [2.05, 4.69) is 12.2 Å². The molecule has 0 unspecified atom stereocenters. The molecule has 0 N–H and O–H groups in total. The van der Waals surface area contributed by atoms with Gasteiger partial charge in [-0.1, -0.05) is 12.2 Å². The minimum atomic E-state index is -0.406. The van der Waals surface area contributed by atoms with Crippen molar-refractivity contribution in [3.8, 4) is 5.75 Å². The first-order valence-corrected chi connectivity index (χ1v) is 9.61. The summed E-state index contributed by atoms with van der Waals surface area (Å²) in [6.07, 6.45) is 5.03. The fourth-order valence-corrected chi connectivity index (χ4v) is 4.72. The smallest absolute Gasteiger partial charge is 0.238 e. The van der Waals surface area contributed by atoms with E-state index in [1.54, 1.807) is 24.3 Å². The van der Waals surface area contributed by atoms with Crippen LogP contribution >= 0.6 is 0 Å². The molecule has 0 radical (unpaired) electrons. The Labute approximate surface area is 166 Å². The SMILES string of the molecule is O=C(COc1ccc(N2C(=O)[C@@H]3[C@H](C2=O)[C@H]2C=C[C@H]3C2)cc1)c1ccc(F)cc1. The van der Waals surface area contributed by atoms with Gasteiger partial charge in [-0.15, -0.1) is 0 Å². The number of amides is 2. The monoisotopic (exact) mass is 391 g/mol. The van der Waals surface area contributed by atoms with Gasteiger partial charge in [0.15, 0.2) is 12.4 Å². The zero-order valence-electron chi connectivity index (χ0n) is 15.5. The Morgan fingerprint density at radius 2 is 1.52 bits per heavy atom. The number of anilines is 1. The first-order valence-electron chi connectivity index (χ1n) is 9.61. The summed E-state index contributed by atoms with van der Waals surface area (Å²) in [4.78, 5) is 39.1. The molecule has 1 saturated heterocycles. The average molecular weight is 391 g/mol. The molecule has 1 aliphatic heterocycles. The fourth-order valence-electron chi connectivity index (χ4n) is 4.72. The number of hydrogen-bond acceptors (Lipinski definition) is 4. The Bertz CT molecular complexity index is 998. The summed E-state index contributed by atoms with van der Waals surface area (Å²) < 4.78 is 18.4. The van der Waals surface area contributed by atoms with E-state index in [1.165, 1.54) is 29.2 Å². The summed E-state index contributed by atoms with van der Waals surface area (Å²) in [7, 11) is 0. The summed E-state index contributed by atoms with van der Waals surface area (Å²) in [6.45, 7) is -0.189. The van der Waals surface area contributed by atoms with Crippen molar-refractivity contribution in [1.29, 1.82) is 0 Å². The predicted octanol–water partition coefficient (Wildman–Crippen LogP) is 3.40. The number of hydrogen-bond donors (Lipinski definition) is 0. The Balaban J connectivity index is 1.26. The fraction of sp³-hybridized carbons (Fsp3) is 0.261. The van der Waals surface area contributed by atoms with E-state index in [9.17, 15) is 18.8 Å². The van der Waals surface area contributed by atoms with Gasteiger partial charge >= 0.3 is 0 Å². The highest BCUT2D eigenvalue weighted by molar-refractivity contribution is 6.22. The first kappa shape index (κ1) is 17.8. The lowest BCUT2D eigenvalue weighted by Crippen LogP contribution is -2.32. The molecule has 1 saturated carbocycles. The van der Waals surface area contributed by atoms with E-state index >= 15 is 0 Å². The standard InChI is InChI=1S/C23H18FNO4/c24-16-5-3-13(4-6-16)19(26)12-29-18-9-7-17(8-10-18)25-22(27)20-14-1-2-15(11-14)21(20)23(25)28/h1-10,14-15,20-21H,11-12H2/t14-,15-,20-,21+/m0/s1. The predicted molar refractivity (Wildman–Crippen MR) is 103 cm³/mol. The van der Waals surface area contributed by atoms with Crippen molar-refractivity contribution in [2.24, 2.45) is 23.7 Å². The number of rotatable bonds is 5. The summed E-state index contributed by atoms with van der Waals surface area (Å²) >= 11 is 0. The summed E-state index contributed by atoms with van der Waals surface area (Å²) in [5.41, 5.74) is 0.886. The van der Waals surface area contributed by atoms with E-state index in [0.717, 1.165) is 6.42 Å². The Kier molecular flexibility index (Phi) is 4.08. The van der Waals surface area contributed by atoms with Gasteiger partial charge in [-0.05, 0) is 66.8 Å². The second-order valence-electron chi connectivity index (χ2n) is 7.72. The molecule has 0 aromatic heterocycles. The van der Waals surface area contributed by atoms with Gasteiger partial charge in [-0.2, -0.15) is 0 Å². The minimum Gasteiger partial charge on any atom is -0.485 e. The molecular formula is C23H18FNO4. The number of ketones is 1. The lowest BCUT2D eigenvalue weighted by atomic mass is 9.85. The third-order valence-electron chi connectivity index (χ3n) is 6.10. The molecule has 2 aromatic carbocycles. The Hall–Kier alpha value is -3.28. The van der Waals surface area contributed by atoms with E-state index in [4.69, 9.17) is 4.74 Å². The van der Waals surface area contributed by atoms with Crippen LogP contribution in [0.1, 0.15) is 16.8 Å². The van der Waals surface area contributed by atoms with Gasteiger partial charge in [0.2, 0.25) is 11.8 Å². The second kappa shape index (κ2) is 6.65. The van der Waals surface area contributed by atoms with Crippen molar-refractivity contribution in [2.45, 2.75) is 6.42 Å². The van der Waals surface area contributed by atoms with Gasteiger partial charge in [0, 0.05) is 5.56 Å². The van der Waals surface area contributed by atoms with Gasteiger partial charge in [0.05, 0.1) is 17.5 Å². The zero-order valence-corrected chi connectivity index (χ0v) is 15.5. The normalized spacial score (nSPS) is 26.9. The molecule has 29 heavy (non-hydrogen) atoms. The molecule has 2 aromatic rings. The molecule has 6 heteroatoms. The lowest BCUT2D eigenvalue weighted by molar-refractivity contribution is -0.123. The third-order valence-corrected chi connectivity index (χ3v) is 6.10. The van der Waals surface area contributed by atoms with Gasteiger partial charge in [-0.25, -0.2) is 4.39 Å². The van der Waals surface area contributed by atoms with Crippen molar-refractivity contribution < 1.29 is 23.5 Å². The van der Waals surface area contributed by atoms with Crippen molar-refractivity contribution in [1.82, 2.24) is 0 Å². The highest BCUT2D eigenvalue weighted by Crippen LogP contribution is 2.53. The molecular weight excluding hydrogens is 373 g/mol. The van der Waals surface area contributed by atoms with E-state index in [-0.39, 0.29) is 47.9 Å². The zero-order chi connectivity index (χ0) is 20.1. The second-order valence-corrected chi connectivity index (χ2v) is 7.72. The molecule has 5 nitrogen and oxygen atoms in total. The van der Waals surface area contributed by atoms with Crippen LogP contribution in [0, 0.1) is 29.5 Å². The van der Waals surface area contributed by atoms with Crippen LogP contribution < -0.4 is 9.64 Å². The van der Waals surface area contributed by atoms with Crippen LogP contribution in [-0.4, -0.2) is 24.2 Å². The number of allylic oxidation sites excluding steroid dienone is 2. The van der Waals surface area contributed by atoms with Crippen LogP contribution in [0.3, 0.4) is 0 Å². The number of carbonyl (C=O) groups excluding carboxylic acids is 3. The first-order chi connectivity index (χ1) is 14.0. The van der Waals surface area contributed by atoms with E-state index < -0.39 is 5.82 Å². The van der Waals surface area contributed by atoms with Crippen LogP contribution in [-0.2, 0) is 9.59 Å². The Morgan fingerprint density at radius 1 is 0.931 bits per heavy atom. The summed E-state index contributed by atoms with van der Waals surface area (Å²) in [6, 6.07) is 11.9. The molecule has 0 spiro atoms. The number of Topliss-reactive ketones (excluding diaryl/α,β-unsaturated/α-hetero) is 1. The van der Waals surface area contributed by atoms with Crippen LogP contribution in [0.2, 0.25) is 0 Å². The summed E-state index contributed by atoms with van der Waals surface area (Å²) in [5, 5.41) is 0. The van der Waals surface area contributed by atoms with Crippen molar-refractivity contribution in [3.63, 3.8) is 0 Å². The van der Waals surface area contributed by atoms with E-state index in [1.807, 2.05) is 0 Å². The maximum atomic E-state index is 12.9. The largest absolute Gasteiger partial charge is 0.485 e. The van der Waals surface area contributed by atoms with Crippen molar-refractivity contribution >= 4 is 23.3 Å². The maximum Gasteiger partial charge on any atom is 0.238 e. The van der Waals surface area contributed by atoms with E-state index in [0.29, 0.717) is 17.0 Å². The molecule has 146 valence electrons. The summed E-state index contributed by atoms with van der Waals surface area (Å²) in [5.74, 6) is -0.604. The van der Waals surface area contributed by atoms with Crippen molar-refractivity contribution in [2.75, 3.05) is 11.5 Å².